The van der Waals surface area contributed by atoms with Gasteiger partial charge < -0.3 is 14.6 Å². The summed E-state index contributed by atoms with van der Waals surface area (Å²) in [5.74, 6) is 0.571. The Balaban J connectivity index is 1.38. The number of carbonyl (C=O) groups excluding carboxylic acids is 1. The Hall–Kier alpha value is -3.19. The van der Waals surface area contributed by atoms with Gasteiger partial charge in [0.2, 0.25) is 0 Å². The fourth-order valence-corrected chi connectivity index (χ4v) is 3.66. The van der Waals surface area contributed by atoms with Crippen molar-refractivity contribution in [3.63, 3.8) is 0 Å². The van der Waals surface area contributed by atoms with Crippen LogP contribution in [0.5, 0.6) is 0 Å². The Bertz CT molecular complexity index is 1120. The molecule has 1 saturated heterocycles. The third kappa shape index (κ3) is 5.11. The van der Waals surface area contributed by atoms with E-state index < -0.39 is 5.60 Å². The molecule has 1 aromatic heterocycles. The number of nitrogens with zero attached hydrogens (tertiary/aromatic N) is 3. The van der Waals surface area contributed by atoms with Crippen molar-refractivity contribution in [1.29, 1.82) is 0 Å². The number of hydrogen-bond acceptors (Lipinski definition) is 5. The number of carbonyl (C=O) groups is 1. The average molecular weight is 421 g/mol. The summed E-state index contributed by atoms with van der Waals surface area (Å²) in [5, 5.41) is 0.591. The molecule has 1 N–H and O–H groups in total. The smallest absolute Gasteiger partial charge is 0.410 e. The second-order valence-corrected chi connectivity index (χ2v) is 8.87. The first kappa shape index (κ1) is 21.1. The zero-order chi connectivity index (χ0) is 22.0. The van der Waals surface area contributed by atoms with E-state index in [0.29, 0.717) is 29.8 Å². The van der Waals surface area contributed by atoms with Crippen LogP contribution >= 0.6 is 0 Å². The molecule has 1 amide bonds. The quantitative estimate of drug-likeness (QED) is 0.700. The second kappa shape index (κ2) is 8.51. The molecule has 0 saturated carbocycles. The van der Waals surface area contributed by atoms with Crippen molar-refractivity contribution in [2.45, 2.75) is 32.9 Å². The van der Waals surface area contributed by atoms with Crippen molar-refractivity contribution < 1.29 is 9.53 Å². The molecule has 0 aliphatic carbocycles. The molecule has 3 aromatic rings. The Morgan fingerprint density at radius 1 is 1.03 bits per heavy atom. The summed E-state index contributed by atoms with van der Waals surface area (Å²) < 4.78 is 5.46. The summed E-state index contributed by atoms with van der Waals surface area (Å²) in [7, 11) is 0. The first-order valence-electron chi connectivity index (χ1n) is 10.6. The maximum absolute atomic E-state index is 12.3. The van der Waals surface area contributed by atoms with Gasteiger partial charge in [-0.3, -0.25) is 9.69 Å². The van der Waals surface area contributed by atoms with Gasteiger partial charge in [0, 0.05) is 38.3 Å². The van der Waals surface area contributed by atoms with Gasteiger partial charge in [-0.15, -0.1) is 0 Å². The molecule has 1 aliphatic heterocycles. The number of piperazine rings is 1. The van der Waals surface area contributed by atoms with E-state index in [0.717, 1.165) is 25.2 Å². The maximum Gasteiger partial charge on any atom is 0.410 e. The van der Waals surface area contributed by atoms with Crippen molar-refractivity contribution in [3.05, 3.63) is 64.4 Å². The van der Waals surface area contributed by atoms with Crippen LogP contribution in [0.15, 0.2) is 53.3 Å². The summed E-state index contributed by atoms with van der Waals surface area (Å²) in [6.07, 6.45) is -0.242. The molecule has 1 fully saturated rings. The number of fused-ring (bicyclic) bond motifs is 1. The zero-order valence-corrected chi connectivity index (χ0v) is 18.2. The highest BCUT2D eigenvalue weighted by Crippen LogP contribution is 2.19. The molecule has 1 aliphatic rings. The van der Waals surface area contributed by atoms with Crippen molar-refractivity contribution in [2.24, 2.45) is 0 Å². The number of aromatic nitrogens is 2. The number of H-pyrrole nitrogens is 1. The third-order valence-electron chi connectivity index (χ3n) is 5.27. The average Bonchev–Trinajstić information content (AvgIpc) is 2.73. The SMILES string of the molecule is CC(C)(C)OC(=O)N1CCN(Cc2ccc(-c3nc4ccccc4c(=O)[nH]3)cc2)CC1. The van der Waals surface area contributed by atoms with Gasteiger partial charge in [-0.2, -0.15) is 0 Å². The minimum atomic E-state index is -0.472. The van der Waals surface area contributed by atoms with Gasteiger partial charge in [0.1, 0.15) is 11.4 Å². The molecular weight excluding hydrogens is 392 g/mol. The lowest BCUT2D eigenvalue weighted by Crippen LogP contribution is -2.49. The highest BCUT2D eigenvalue weighted by Gasteiger charge is 2.25. The van der Waals surface area contributed by atoms with Crippen LogP contribution in [0, 0.1) is 0 Å². The standard InChI is InChI=1S/C24H28N4O3/c1-24(2,3)31-23(30)28-14-12-27(13-15-28)16-17-8-10-18(11-9-17)21-25-20-7-5-4-6-19(20)22(29)26-21/h4-11H,12-16H2,1-3H3,(H,25,26,29). The summed E-state index contributed by atoms with van der Waals surface area (Å²) in [5.41, 5.74) is 2.14. The largest absolute Gasteiger partial charge is 0.444 e. The van der Waals surface area contributed by atoms with E-state index in [9.17, 15) is 9.59 Å². The summed E-state index contributed by atoms with van der Waals surface area (Å²) in [6, 6.07) is 15.4. The number of ether oxygens (including phenoxy) is 1. The van der Waals surface area contributed by atoms with Crippen LogP contribution in [0.4, 0.5) is 4.79 Å². The van der Waals surface area contributed by atoms with E-state index in [1.165, 1.54) is 5.56 Å². The van der Waals surface area contributed by atoms with E-state index in [1.807, 2.05) is 51.1 Å². The summed E-state index contributed by atoms with van der Waals surface area (Å²) >= 11 is 0. The van der Waals surface area contributed by atoms with Crippen molar-refractivity contribution >= 4 is 17.0 Å². The minimum Gasteiger partial charge on any atom is -0.444 e. The second-order valence-electron chi connectivity index (χ2n) is 8.87. The number of amides is 1. The van der Waals surface area contributed by atoms with Gasteiger partial charge in [0.05, 0.1) is 10.9 Å². The van der Waals surface area contributed by atoms with E-state index in [1.54, 1.807) is 11.0 Å². The fraction of sp³-hybridized carbons (Fsp3) is 0.375. The van der Waals surface area contributed by atoms with Crippen LogP contribution in [0.25, 0.3) is 22.3 Å². The van der Waals surface area contributed by atoms with Crippen molar-refractivity contribution in [2.75, 3.05) is 26.2 Å². The van der Waals surface area contributed by atoms with Crippen LogP contribution in [0.2, 0.25) is 0 Å². The molecule has 0 bridgehead atoms. The maximum atomic E-state index is 12.3. The lowest BCUT2D eigenvalue weighted by Gasteiger charge is -2.35. The monoisotopic (exact) mass is 420 g/mol. The van der Waals surface area contributed by atoms with Crippen LogP contribution in [-0.2, 0) is 11.3 Å². The molecule has 162 valence electrons. The highest BCUT2D eigenvalue weighted by molar-refractivity contribution is 5.79. The molecular formula is C24H28N4O3. The number of nitrogens with one attached hydrogen (secondary N) is 1. The predicted octanol–water partition coefficient (Wildman–Crippen LogP) is 3.64. The summed E-state index contributed by atoms with van der Waals surface area (Å²) in [6.45, 7) is 9.39. The number of benzene rings is 2. The summed E-state index contributed by atoms with van der Waals surface area (Å²) in [4.78, 5) is 36.1. The van der Waals surface area contributed by atoms with Crippen LogP contribution < -0.4 is 5.56 Å². The number of aromatic amines is 1. The molecule has 7 heteroatoms. The van der Waals surface area contributed by atoms with E-state index in [4.69, 9.17) is 4.74 Å². The van der Waals surface area contributed by atoms with Gasteiger partial charge in [0.25, 0.3) is 5.56 Å². The third-order valence-corrected chi connectivity index (χ3v) is 5.27. The highest BCUT2D eigenvalue weighted by atomic mass is 16.6. The van der Waals surface area contributed by atoms with Crippen molar-refractivity contribution in [1.82, 2.24) is 19.8 Å². The molecule has 0 spiro atoms. The molecule has 0 radical (unpaired) electrons. The molecule has 0 unspecified atom stereocenters. The molecule has 0 atom stereocenters. The van der Waals surface area contributed by atoms with Gasteiger partial charge in [0.15, 0.2) is 0 Å². The van der Waals surface area contributed by atoms with E-state index in [2.05, 4.69) is 27.0 Å². The molecule has 2 aromatic carbocycles. The minimum absolute atomic E-state index is 0.132. The Labute approximate surface area is 181 Å². The lowest BCUT2D eigenvalue weighted by atomic mass is 10.1. The zero-order valence-electron chi connectivity index (χ0n) is 18.2. The van der Waals surface area contributed by atoms with Crippen LogP contribution in [0.3, 0.4) is 0 Å². The normalized spacial score (nSPS) is 15.3. The predicted molar refractivity (Wildman–Crippen MR) is 121 cm³/mol. The van der Waals surface area contributed by atoms with Gasteiger partial charge >= 0.3 is 6.09 Å². The van der Waals surface area contributed by atoms with E-state index >= 15 is 0 Å². The number of para-hydroxylation sites is 1. The Morgan fingerprint density at radius 2 is 1.71 bits per heavy atom. The first-order chi connectivity index (χ1) is 14.8. The van der Waals surface area contributed by atoms with Crippen molar-refractivity contribution in [3.8, 4) is 11.4 Å². The first-order valence-corrected chi connectivity index (χ1v) is 10.6. The topological polar surface area (TPSA) is 78.5 Å². The van der Waals surface area contributed by atoms with Crippen LogP contribution in [-0.4, -0.2) is 57.6 Å². The molecule has 7 nitrogen and oxygen atoms in total. The number of rotatable bonds is 3. The molecule has 2 heterocycles. The number of hydrogen-bond donors (Lipinski definition) is 1. The Kier molecular flexibility index (Phi) is 5.78. The van der Waals surface area contributed by atoms with Crippen LogP contribution in [0.1, 0.15) is 26.3 Å². The lowest BCUT2D eigenvalue weighted by molar-refractivity contribution is 0.0139. The fourth-order valence-electron chi connectivity index (χ4n) is 3.66. The van der Waals surface area contributed by atoms with Gasteiger partial charge in [-0.05, 0) is 38.5 Å². The van der Waals surface area contributed by atoms with E-state index in [-0.39, 0.29) is 11.7 Å². The molecule has 31 heavy (non-hydrogen) atoms. The molecule has 4 rings (SSSR count). The van der Waals surface area contributed by atoms with Gasteiger partial charge in [-0.25, -0.2) is 9.78 Å². The Morgan fingerprint density at radius 3 is 2.39 bits per heavy atom. The van der Waals surface area contributed by atoms with Gasteiger partial charge in [-0.1, -0.05) is 36.4 Å².